The minimum atomic E-state index is -0.400. The predicted molar refractivity (Wildman–Crippen MR) is 115 cm³/mol. The molecule has 0 spiro atoms. The molecule has 1 aromatic carbocycles. The molecule has 8 heteroatoms. The highest BCUT2D eigenvalue weighted by atomic mass is 32.2. The van der Waals surface area contributed by atoms with Gasteiger partial charge >= 0.3 is 0 Å². The van der Waals surface area contributed by atoms with Crippen LogP contribution in [0.4, 0.5) is 5.69 Å². The lowest BCUT2D eigenvalue weighted by molar-refractivity contribution is -0.123. The average Bonchev–Trinajstić information content (AvgIpc) is 3.46. The Morgan fingerprint density at radius 3 is 2.62 bits per heavy atom. The van der Waals surface area contributed by atoms with Crippen LogP contribution < -0.4 is 10.6 Å². The number of para-hydroxylation sites is 1. The van der Waals surface area contributed by atoms with E-state index < -0.39 is 5.25 Å². The number of hydrogen-bond acceptors (Lipinski definition) is 5. The van der Waals surface area contributed by atoms with E-state index in [9.17, 15) is 9.59 Å². The highest BCUT2D eigenvalue weighted by molar-refractivity contribution is 8.00. The van der Waals surface area contributed by atoms with Gasteiger partial charge in [-0.05, 0) is 44.7 Å². The average molecular weight is 414 g/mol. The first-order chi connectivity index (χ1) is 13.9. The number of allylic oxidation sites excluding steroid dienone is 1. The maximum atomic E-state index is 12.5. The van der Waals surface area contributed by atoms with Crippen molar-refractivity contribution in [3.63, 3.8) is 0 Å². The Labute approximate surface area is 175 Å². The molecule has 0 radical (unpaired) electrons. The first-order valence-electron chi connectivity index (χ1n) is 9.75. The second kappa shape index (κ2) is 9.26. The van der Waals surface area contributed by atoms with E-state index in [0.29, 0.717) is 17.6 Å². The molecule has 0 aliphatic heterocycles. The van der Waals surface area contributed by atoms with Gasteiger partial charge < -0.3 is 15.2 Å². The Bertz CT molecular complexity index is 900. The van der Waals surface area contributed by atoms with E-state index in [1.165, 1.54) is 11.8 Å². The normalized spacial score (nSPS) is 14.3. The Balaban J connectivity index is 1.54. The summed E-state index contributed by atoms with van der Waals surface area (Å²) >= 11 is 1.34. The van der Waals surface area contributed by atoms with E-state index in [-0.39, 0.29) is 18.4 Å². The molecule has 0 bridgehead atoms. The maximum Gasteiger partial charge on any atom is 0.243 e. The summed E-state index contributed by atoms with van der Waals surface area (Å²) in [6.07, 6.45) is 4.07. The van der Waals surface area contributed by atoms with E-state index in [1.807, 2.05) is 42.7 Å². The maximum absolute atomic E-state index is 12.5. The van der Waals surface area contributed by atoms with Crippen LogP contribution in [0.1, 0.15) is 42.6 Å². The minimum Gasteiger partial charge on any atom is -0.346 e. The fourth-order valence-corrected chi connectivity index (χ4v) is 3.94. The van der Waals surface area contributed by atoms with E-state index in [1.54, 1.807) is 6.92 Å². The highest BCUT2D eigenvalue weighted by Crippen LogP contribution is 2.40. The number of carbonyl (C=O) groups is 2. The van der Waals surface area contributed by atoms with Gasteiger partial charge in [-0.1, -0.05) is 36.0 Å². The molecule has 7 nitrogen and oxygen atoms in total. The molecule has 29 heavy (non-hydrogen) atoms. The summed E-state index contributed by atoms with van der Waals surface area (Å²) in [5, 5.41) is 14.4. The van der Waals surface area contributed by atoms with Gasteiger partial charge in [0.15, 0.2) is 5.16 Å². The number of thioether (sulfide) groups is 1. The quantitative estimate of drug-likeness (QED) is 0.487. The molecule has 1 aliphatic rings. The molecule has 3 rings (SSSR count). The van der Waals surface area contributed by atoms with Crippen molar-refractivity contribution in [2.45, 2.75) is 56.5 Å². The lowest BCUT2D eigenvalue weighted by Gasteiger charge is -2.14. The number of hydrogen-bond donors (Lipinski definition) is 2. The molecule has 2 N–H and O–H groups in total. The van der Waals surface area contributed by atoms with Crippen LogP contribution in [-0.2, 0) is 16.1 Å². The zero-order valence-corrected chi connectivity index (χ0v) is 17.9. The minimum absolute atomic E-state index is 0.0792. The second-order valence-corrected chi connectivity index (χ2v) is 8.62. The van der Waals surface area contributed by atoms with Gasteiger partial charge in [-0.2, -0.15) is 0 Å². The molecule has 1 fully saturated rings. The molecule has 1 aromatic heterocycles. The van der Waals surface area contributed by atoms with Gasteiger partial charge in [0, 0.05) is 18.2 Å². The summed E-state index contributed by atoms with van der Waals surface area (Å²) in [5.74, 6) is 0.967. The Morgan fingerprint density at radius 2 is 2.00 bits per heavy atom. The van der Waals surface area contributed by atoms with Crippen molar-refractivity contribution in [1.29, 1.82) is 0 Å². The van der Waals surface area contributed by atoms with Crippen LogP contribution in [0.25, 0.3) is 0 Å². The largest absolute Gasteiger partial charge is 0.346 e. The van der Waals surface area contributed by atoms with Crippen molar-refractivity contribution in [2.24, 2.45) is 0 Å². The number of aryl methyl sites for hydroxylation is 2. The van der Waals surface area contributed by atoms with Gasteiger partial charge in [-0.25, -0.2) is 0 Å². The fraction of sp³-hybridized carbons (Fsp3) is 0.429. The van der Waals surface area contributed by atoms with Crippen LogP contribution in [0.3, 0.4) is 0 Å². The smallest absolute Gasteiger partial charge is 0.243 e. The van der Waals surface area contributed by atoms with Gasteiger partial charge in [0.2, 0.25) is 11.8 Å². The molecule has 0 saturated heterocycles. The molecular weight excluding hydrogens is 386 g/mol. The van der Waals surface area contributed by atoms with Gasteiger partial charge in [0.05, 0.1) is 11.8 Å². The number of anilines is 1. The summed E-state index contributed by atoms with van der Waals surface area (Å²) in [5.41, 5.74) is 2.77. The van der Waals surface area contributed by atoms with Crippen LogP contribution in [-0.4, -0.2) is 38.4 Å². The summed E-state index contributed by atoms with van der Waals surface area (Å²) in [6.45, 7) is 10.0. The zero-order chi connectivity index (χ0) is 21.0. The summed E-state index contributed by atoms with van der Waals surface area (Å²) in [6, 6.07) is 5.82. The number of amides is 2. The zero-order valence-electron chi connectivity index (χ0n) is 17.1. The van der Waals surface area contributed by atoms with Crippen molar-refractivity contribution < 1.29 is 9.59 Å². The monoisotopic (exact) mass is 413 g/mol. The molecule has 1 unspecified atom stereocenters. The van der Waals surface area contributed by atoms with Crippen LogP contribution in [0.2, 0.25) is 0 Å². The van der Waals surface area contributed by atoms with Crippen molar-refractivity contribution in [3.05, 3.63) is 47.8 Å². The summed E-state index contributed by atoms with van der Waals surface area (Å²) in [4.78, 5) is 24.7. The number of rotatable bonds is 9. The summed E-state index contributed by atoms with van der Waals surface area (Å²) in [7, 11) is 0. The van der Waals surface area contributed by atoms with E-state index in [2.05, 4.69) is 27.4 Å². The molecule has 1 atom stereocenters. The van der Waals surface area contributed by atoms with Gasteiger partial charge in [-0.15, -0.1) is 16.8 Å². The molecule has 1 aliphatic carbocycles. The number of aromatic nitrogens is 3. The van der Waals surface area contributed by atoms with E-state index in [4.69, 9.17) is 0 Å². The van der Waals surface area contributed by atoms with Crippen LogP contribution in [0.15, 0.2) is 36.0 Å². The Hall–Kier alpha value is -2.61. The predicted octanol–water partition coefficient (Wildman–Crippen LogP) is 3.19. The van der Waals surface area contributed by atoms with Crippen LogP contribution in [0.5, 0.6) is 0 Å². The van der Waals surface area contributed by atoms with Gasteiger partial charge in [0.1, 0.15) is 5.82 Å². The fourth-order valence-electron chi connectivity index (χ4n) is 3.05. The van der Waals surface area contributed by atoms with Crippen molar-refractivity contribution >= 4 is 29.3 Å². The van der Waals surface area contributed by atoms with Crippen molar-refractivity contribution in [1.82, 2.24) is 20.1 Å². The topological polar surface area (TPSA) is 88.9 Å². The van der Waals surface area contributed by atoms with E-state index in [0.717, 1.165) is 35.5 Å². The van der Waals surface area contributed by atoms with Crippen LogP contribution >= 0.6 is 11.8 Å². The first kappa shape index (κ1) is 21.1. The molecule has 1 saturated carbocycles. The van der Waals surface area contributed by atoms with Crippen LogP contribution in [0, 0.1) is 13.8 Å². The molecular formula is C21H27N5O2S. The van der Waals surface area contributed by atoms with Crippen molar-refractivity contribution in [2.75, 3.05) is 11.9 Å². The molecule has 1 heterocycles. The number of carbonyl (C=O) groups excluding carboxylic acids is 2. The number of benzene rings is 1. The third-order valence-corrected chi connectivity index (χ3v) is 5.90. The molecule has 154 valence electrons. The third kappa shape index (κ3) is 5.26. The molecule has 2 aromatic rings. The number of nitrogens with one attached hydrogen (secondary N) is 2. The number of nitrogens with zero attached hydrogens (tertiary/aromatic N) is 3. The lowest BCUT2D eigenvalue weighted by Crippen LogP contribution is -2.37. The van der Waals surface area contributed by atoms with Crippen molar-refractivity contribution in [3.8, 4) is 0 Å². The standard InChI is InChI=1S/C21H27N5O2S/c1-5-11-26-19(16-9-10-16)24-25-21(26)29-15(4)20(28)22-12-17(27)23-18-13(2)7-6-8-14(18)3/h5-8,15-16H,1,9-12H2,2-4H3,(H,22,28)(H,23,27). The second-order valence-electron chi connectivity index (χ2n) is 7.31. The summed E-state index contributed by atoms with van der Waals surface area (Å²) < 4.78 is 2.02. The lowest BCUT2D eigenvalue weighted by atomic mass is 10.1. The van der Waals surface area contributed by atoms with Gasteiger partial charge in [-0.3, -0.25) is 9.59 Å². The Kier molecular flexibility index (Phi) is 6.74. The van der Waals surface area contributed by atoms with E-state index >= 15 is 0 Å². The molecule has 2 amide bonds. The highest BCUT2D eigenvalue weighted by Gasteiger charge is 2.31. The Morgan fingerprint density at radius 1 is 1.31 bits per heavy atom. The van der Waals surface area contributed by atoms with Gasteiger partial charge in [0.25, 0.3) is 0 Å². The SMILES string of the molecule is C=CCn1c(SC(C)C(=O)NCC(=O)Nc2c(C)cccc2C)nnc1C1CC1. The first-order valence-corrected chi connectivity index (χ1v) is 10.6. The third-order valence-electron chi connectivity index (χ3n) is 4.82.